The van der Waals surface area contributed by atoms with Crippen LogP contribution in [0.3, 0.4) is 0 Å². The van der Waals surface area contributed by atoms with Crippen LogP contribution in [0.4, 0.5) is 0 Å². The Morgan fingerprint density at radius 1 is 0.642 bits per heavy atom. The second-order valence-corrected chi connectivity index (χ2v) is 17.2. The number of carbonyl (C=O) groups excluding carboxylic acids is 2. The van der Waals surface area contributed by atoms with E-state index in [1.54, 1.807) is 0 Å². The highest BCUT2D eigenvalue weighted by Crippen LogP contribution is 2.35. The van der Waals surface area contributed by atoms with Crippen LogP contribution in [0.25, 0.3) is 22.3 Å². The van der Waals surface area contributed by atoms with Gasteiger partial charge in [0.15, 0.2) is 17.3 Å². The standard InChI is InChI=1S/C19H36O4.C19H34O4.C15H10O6/c2*1-3-4-5-6-7-8-9-10-11-12-13-14-18(21)15-19(22)16-23-17(2)20;16-8-2-3-9-12(6-8)21-15(14(20)13(9)19)7-1-4-10(17)11(18)5-7/h3,18-19,21-22H,1,4-16H2,2H3;1,18-19,21-22H,4-16H2,2H3;1-6,16-18,20H. The third-order valence-electron chi connectivity index (χ3n) is 10.9. The van der Waals surface area contributed by atoms with Gasteiger partial charge in [0.05, 0.1) is 29.8 Å². The minimum atomic E-state index is -0.775. The normalized spacial score (nSPS) is 12.6. The van der Waals surface area contributed by atoms with E-state index in [1.165, 1.54) is 128 Å². The first kappa shape index (κ1) is 59.9. The van der Waals surface area contributed by atoms with Crippen LogP contribution in [-0.4, -0.2) is 90.4 Å². The maximum absolute atomic E-state index is 12.1. The van der Waals surface area contributed by atoms with Gasteiger partial charge < -0.3 is 54.7 Å². The summed E-state index contributed by atoms with van der Waals surface area (Å²) in [6, 6.07) is 7.64. The first-order chi connectivity index (χ1) is 32.1. The van der Waals surface area contributed by atoms with E-state index in [4.69, 9.17) is 20.3 Å². The smallest absolute Gasteiger partial charge is 0.302 e. The van der Waals surface area contributed by atoms with E-state index < -0.39 is 53.3 Å². The topological polar surface area (TPSA) is 245 Å². The summed E-state index contributed by atoms with van der Waals surface area (Å²) in [5, 5.41) is 77.1. The average molecular weight is 941 g/mol. The molecular weight excluding hydrogens is 861 g/mol. The number of rotatable bonds is 32. The molecule has 0 aliphatic carbocycles. The molecule has 67 heavy (non-hydrogen) atoms. The monoisotopic (exact) mass is 941 g/mol. The lowest BCUT2D eigenvalue weighted by Gasteiger charge is -2.15. The summed E-state index contributed by atoms with van der Waals surface area (Å²) in [5.74, 6) is 0.252. The quantitative estimate of drug-likeness (QED) is 0.00955. The molecule has 2 aromatic carbocycles. The zero-order valence-electron chi connectivity index (χ0n) is 40.0. The van der Waals surface area contributed by atoms with E-state index >= 15 is 0 Å². The Kier molecular flexibility index (Phi) is 33.1. The van der Waals surface area contributed by atoms with Crippen LogP contribution in [0.15, 0.2) is 58.3 Å². The lowest BCUT2D eigenvalue weighted by atomic mass is 10.0. The molecule has 14 nitrogen and oxygen atoms in total. The number of hydrogen-bond acceptors (Lipinski definition) is 14. The minimum absolute atomic E-state index is 0.0286. The summed E-state index contributed by atoms with van der Waals surface area (Å²) in [6.07, 6.45) is 30.5. The molecule has 0 saturated carbocycles. The summed E-state index contributed by atoms with van der Waals surface area (Å²) >= 11 is 0. The van der Waals surface area contributed by atoms with E-state index in [0.29, 0.717) is 12.8 Å². The van der Waals surface area contributed by atoms with Gasteiger partial charge in [-0.3, -0.25) is 14.4 Å². The van der Waals surface area contributed by atoms with Gasteiger partial charge in [-0.1, -0.05) is 109 Å². The van der Waals surface area contributed by atoms with Gasteiger partial charge >= 0.3 is 11.9 Å². The summed E-state index contributed by atoms with van der Waals surface area (Å²) < 4.78 is 14.8. The Labute approximate surface area is 397 Å². The lowest BCUT2D eigenvalue weighted by Crippen LogP contribution is -2.23. The van der Waals surface area contributed by atoms with Crippen molar-refractivity contribution in [2.45, 2.75) is 192 Å². The summed E-state index contributed by atoms with van der Waals surface area (Å²) in [6.45, 7) is 6.28. The molecular formula is C53H80O14. The van der Waals surface area contributed by atoms with Gasteiger partial charge in [0.25, 0.3) is 0 Å². The third kappa shape index (κ3) is 29.3. The number of phenolic OH excluding ortho intramolecular Hbond substituents is 3. The molecule has 376 valence electrons. The molecule has 0 saturated heterocycles. The number of fused-ring (bicyclic) bond motifs is 1. The van der Waals surface area contributed by atoms with Crippen molar-refractivity contribution in [3.63, 3.8) is 0 Å². The van der Waals surface area contributed by atoms with Crippen LogP contribution in [0.5, 0.6) is 23.0 Å². The van der Waals surface area contributed by atoms with Crippen molar-refractivity contribution >= 4 is 22.9 Å². The highest BCUT2D eigenvalue weighted by Gasteiger charge is 2.17. The number of aliphatic hydroxyl groups excluding tert-OH is 4. The SMILES string of the molecule is C#CCCCCCCCCCCCC(O)CC(O)COC(C)=O.C=CCCCCCCCCCCCC(O)CC(O)COC(C)=O.O=c1c(O)c(-c2ccc(O)c(O)c2)oc2cc(O)ccc12. The summed E-state index contributed by atoms with van der Waals surface area (Å²) in [4.78, 5) is 33.3. The molecule has 1 aromatic heterocycles. The molecule has 4 atom stereocenters. The maximum atomic E-state index is 12.1. The van der Waals surface area contributed by atoms with Crippen molar-refractivity contribution in [1.29, 1.82) is 0 Å². The Morgan fingerprint density at radius 3 is 1.55 bits per heavy atom. The fraction of sp³-hybridized carbons (Fsp3) is 0.604. The molecule has 0 radical (unpaired) electrons. The molecule has 14 heteroatoms. The van der Waals surface area contributed by atoms with Gasteiger partial charge in [0, 0.05) is 44.7 Å². The number of esters is 2. The summed E-state index contributed by atoms with van der Waals surface area (Å²) in [5.41, 5.74) is -0.343. The number of aromatic hydroxyl groups is 4. The Bertz CT molecular complexity index is 1920. The first-order valence-electron chi connectivity index (χ1n) is 24.1. The van der Waals surface area contributed by atoms with Crippen LogP contribution in [0, 0.1) is 12.3 Å². The third-order valence-corrected chi connectivity index (χ3v) is 10.9. The van der Waals surface area contributed by atoms with Gasteiger partial charge in [0.1, 0.15) is 24.5 Å². The van der Waals surface area contributed by atoms with Crippen LogP contribution < -0.4 is 5.43 Å². The number of phenols is 3. The molecule has 8 N–H and O–H groups in total. The Balaban J connectivity index is 0.000000502. The predicted molar refractivity (Wildman–Crippen MR) is 262 cm³/mol. The second kappa shape index (κ2) is 37.0. The van der Waals surface area contributed by atoms with Gasteiger partial charge in [-0.25, -0.2) is 0 Å². The van der Waals surface area contributed by atoms with Crippen molar-refractivity contribution in [3.05, 3.63) is 59.3 Å². The van der Waals surface area contributed by atoms with Crippen molar-refractivity contribution in [2.75, 3.05) is 13.2 Å². The Morgan fingerprint density at radius 2 is 1.10 bits per heavy atom. The van der Waals surface area contributed by atoms with Gasteiger partial charge in [-0.05, 0) is 62.4 Å². The van der Waals surface area contributed by atoms with E-state index in [1.807, 2.05) is 6.08 Å². The van der Waals surface area contributed by atoms with E-state index in [2.05, 4.69) is 12.5 Å². The predicted octanol–water partition coefficient (Wildman–Crippen LogP) is 10.0. The van der Waals surface area contributed by atoms with E-state index in [0.717, 1.165) is 51.0 Å². The maximum Gasteiger partial charge on any atom is 0.302 e. The number of allylic oxidation sites excluding steroid dienone is 1. The molecule has 0 aliphatic rings. The lowest BCUT2D eigenvalue weighted by molar-refractivity contribution is -0.145. The number of aliphatic hydroxyl groups is 4. The van der Waals surface area contributed by atoms with Gasteiger partial charge in [0.2, 0.25) is 11.2 Å². The zero-order chi connectivity index (χ0) is 49.8. The van der Waals surface area contributed by atoms with Crippen molar-refractivity contribution in [3.8, 4) is 46.7 Å². The van der Waals surface area contributed by atoms with E-state index in [9.17, 15) is 55.2 Å². The second-order valence-electron chi connectivity index (χ2n) is 17.2. The number of ether oxygens (including phenoxy) is 2. The number of carbonyl (C=O) groups is 2. The molecule has 0 amide bonds. The molecule has 3 rings (SSSR count). The van der Waals surface area contributed by atoms with Crippen molar-refractivity contribution in [1.82, 2.24) is 0 Å². The van der Waals surface area contributed by atoms with E-state index in [-0.39, 0.29) is 59.8 Å². The molecule has 4 unspecified atom stereocenters. The molecule has 0 aliphatic heterocycles. The number of terminal acetylenes is 1. The largest absolute Gasteiger partial charge is 0.508 e. The van der Waals surface area contributed by atoms with Crippen molar-refractivity contribution < 1.29 is 64.3 Å². The molecule has 3 aromatic rings. The van der Waals surface area contributed by atoms with Crippen LogP contribution >= 0.6 is 0 Å². The minimum Gasteiger partial charge on any atom is -0.508 e. The van der Waals surface area contributed by atoms with Gasteiger partial charge in [-0.2, -0.15) is 0 Å². The molecule has 1 heterocycles. The van der Waals surface area contributed by atoms with Crippen LogP contribution in [0.1, 0.15) is 168 Å². The molecule has 0 spiro atoms. The average Bonchev–Trinajstić information content (AvgIpc) is 3.28. The van der Waals surface area contributed by atoms with Crippen molar-refractivity contribution in [2.24, 2.45) is 0 Å². The van der Waals surface area contributed by atoms with Crippen LogP contribution in [0.2, 0.25) is 0 Å². The highest BCUT2D eigenvalue weighted by molar-refractivity contribution is 5.83. The van der Waals surface area contributed by atoms with Gasteiger partial charge in [-0.15, -0.1) is 18.9 Å². The molecule has 0 bridgehead atoms. The fourth-order valence-corrected chi connectivity index (χ4v) is 7.21. The Hall–Kier alpha value is -5.07. The summed E-state index contributed by atoms with van der Waals surface area (Å²) in [7, 11) is 0. The number of hydrogen-bond donors (Lipinski definition) is 8. The van der Waals surface area contributed by atoms with Crippen LogP contribution in [-0.2, 0) is 19.1 Å². The zero-order valence-corrected chi connectivity index (χ0v) is 40.0. The number of unbranched alkanes of at least 4 members (excludes halogenated alkanes) is 18. The molecule has 0 fully saturated rings. The number of benzene rings is 2. The first-order valence-corrected chi connectivity index (χ1v) is 24.1. The highest BCUT2D eigenvalue weighted by atomic mass is 16.5. The fourth-order valence-electron chi connectivity index (χ4n) is 7.21.